The van der Waals surface area contributed by atoms with Crippen LogP contribution in [0.5, 0.6) is 0 Å². The van der Waals surface area contributed by atoms with Crippen LogP contribution in [0.2, 0.25) is 0 Å². The van der Waals surface area contributed by atoms with Gasteiger partial charge in [-0.25, -0.2) is 5.43 Å². The predicted molar refractivity (Wildman–Crippen MR) is 116 cm³/mol. The van der Waals surface area contributed by atoms with E-state index in [1.54, 1.807) is 24.3 Å². The van der Waals surface area contributed by atoms with Crippen LogP contribution < -0.4 is 5.43 Å². The maximum atomic E-state index is 10.9. The highest BCUT2D eigenvalue weighted by molar-refractivity contribution is 6.03. The highest BCUT2D eigenvalue weighted by Crippen LogP contribution is 2.26. The number of non-ortho nitro benzene ring substituents is 1. The summed E-state index contributed by atoms with van der Waals surface area (Å²) >= 11 is 0. The van der Waals surface area contributed by atoms with E-state index >= 15 is 0 Å². The second-order valence-electron chi connectivity index (χ2n) is 6.89. The second kappa shape index (κ2) is 7.34. The van der Waals surface area contributed by atoms with Crippen LogP contribution in [0.3, 0.4) is 0 Å². The Morgan fingerprint density at radius 2 is 2.06 bits per heavy atom. The molecule has 10 heteroatoms. The van der Waals surface area contributed by atoms with E-state index in [2.05, 4.69) is 30.7 Å². The molecule has 10 nitrogen and oxygen atoms in total. The third kappa shape index (κ3) is 3.57. The summed E-state index contributed by atoms with van der Waals surface area (Å²) in [5.74, 6) is 1.19. The molecule has 0 radical (unpaired) electrons. The van der Waals surface area contributed by atoms with Crippen LogP contribution in [0.25, 0.3) is 33.4 Å². The van der Waals surface area contributed by atoms with Crippen LogP contribution in [-0.4, -0.2) is 31.3 Å². The van der Waals surface area contributed by atoms with Crippen LogP contribution >= 0.6 is 0 Å². The quantitative estimate of drug-likeness (QED) is 0.247. The number of furan rings is 1. The SMILES string of the molecule is Cc1ccc2[nH]c3nc(NN=Cc4ccc(-c5cccc([N+](=O)[O-])c5)o4)nnc3c2c1. The lowest BCUT2D eigenvalue weighted by Gasteiger charge is -1.97. The molecule has 0 aliphatic heterocycles. The summed E-state index contributed by atoms with van der Waals surface area (Å²) in [6, 6.07) is 15.7. The van der Waals surface area contributed by atoms with Crippen LogP contribution in [0.1, 0.15) is 11.3 Å². The second-order valence-corrected chi connectivity index (χ2v) is 6.89. The fourth-order valence-electron chi connectivity index (χ4n) is 3.24. The molecular weight excluding hydrogens is 398 g/mol. The normalized spacial score (nSPS) is 11.5. The molecule has 31 heavy (non-hydrogen) atoms. The van der Waals surface area contributed by atoms with Gasteiger partial charge in [0.2, 0.25) is 0 Å². The highest BCUT2D eigenvalue weighted by atomic mass is 16.6. The molecule has 0 spiro atoms. The number of aromatic nitrogens is 4. The number of rotatable bonds is 5. The minimum absolute atomic E-state index is 0.00189. The van der Waals surface area contributed by atoms with Gasteiger partial charge in [0.1, 0.15) is 17.0 Å². The van der Waals surface area contributed by atoms with Crippen molar-refractivity contribution in [3.63, 3.8) is 0 Å². The van der Waals surface area contributed by atoms with Gasteiger partial charge in [0.05, 0.1) is 11.1 Å². The van der Waals surface area contributed by atoms with Gasteiger partial charge < -0.3 is 9.40 Å². The van der Waals surface area contributed by atoms with Gasteiger partial charge in [0.25, 0.3) is 11.6 Å². The summed E-state index contributed by atoms with van der Waals surface area (Å²) < 4.78 is 5.69. The number of benzene rings is 2. The smallest absolute Gasteiger partial charge is 0.270 e. The molecular formula is C21H15N7O3. The zero-order valence-corrected chi connectivity index (χ0v) is 16.2. The van der Waals surface area contributed by atoms with Crippen molar-refractivity contribution in [2.24, 2.45) is 5.10 Å². The Bertz CT molecular complexity index is 1470. The van der Waals surface area contributed by atoms with Gasteiger partial charge in [-0.1, -0.05) is 23.8 Å². The van der Waals surface area contributed by atoms with E-state index in [4.69, 9.17) is 4.42 Å². The summed E-state index contributed by atoms with van der Waals surface area (Å²) in [6.45, 7) is 2.02. The molecule has 0 aliphatic rings. The van der Waals surface area contributed by atoms with E-state index < -0.39 is 4.92 Å². The molecule has 2 N–H and O–H groups in total. The molecule has 3 aromatic heterocycles. The molecule has 0 fully saturated rings. The fraction of sp³-hybridized carbons (Fsp3) is 0.0476. The number of aromatic amines is 1. The number of anilines is 1. The highest BCUT2D eigenvalue weighted by Gasteiger charge is 2.11. The summed E-state index contributed by atoms with van der Waals surface area (Å²) in [6.07, 6.45) is 1.46. The standard InChI is InChI=1S/C21H15N7O3/c1-12-5-7-17-16(9-12)19-20(23-17)24-21(27-25-19)26-22-11-15-6-8-18(31-15)13-3-2-4-14(10-13)28(29)30/h2-11H,1H3,(H2,23,24,26,27). The minimum Gasteiger partial charge on any atom is -0.455 e. The lowest BCUT2D eigenvalue weighted by atomic mass is 10.1. The number of hydrogen-bond donors (Lipinski definition) is 2. The van der Waals surface area contributed by atoms with Gasteiger partial charge in [-0.05, 0) is 31.2 Å². The van der Waals surface area contributed by atoms with Gasteiger partial charge >= 0.3 is 0 Å². The first kappa shape index (κ1) is 18.4. The van der Waals surface area contributed by atoms with Gasteiger partial charge in [-0.15, -0.1) is 10.2 Å². The number of nitrogens with one attached hydrogen (secondary N) is 2. The summed E-state index contributed by atoms with van der Waals surface area (Å²) in [5, 5.41) is 24.3. The summed E-state index contributed by atoms with van der Waals surface area (Å²) in [4.78, 5) is 18.1. The Hall–Kier alpha value is -4.60. The first-order chi connectivity index (χ1) is 15.1. The number of hydrogen-bond acceptors (Lipinski definition) is 8. The summed E-state index contributed by atoms with van der Waals surface area (Å²) in [7, 11) is 0. The summed E-state index contributed by atoms with van der Waals surface area (Å²) in [5.41, 5.74) is 6.71. The van der Waals surface area contributed by atoms with Crippen molar-refractivity contribution >= 4 is 39.9 Å². The minimum atomic E-state index is -0.447. The molecule has 5 rings (SSSR count). The first-order valence-corrected chi connectivity index (χ1v) is 9.33. The lowest BCUT2D eigenvalue weighted by molar-refractivity contribution is -0.384. The van der Waals surface area contributed by atoms with Crippen LogP contribution in [0.4, 0.5) is 11.6 Å². The Morgan fingerprint density at radius 3 is 2.94 bits per heavy atom. The Morgan fingerprint density at radius 1 is 1.16 bits per heavy atom. The van der Waals surface area contributed by atoms with Gasteiger partial charge in [-0.2, -0.15) is 10.1 Å². The van der Waals surface area contributed by atoms with E-state index in [9.17, 15) is 10.1 Å². The molecule has 0 saturated heterocycles. The number of nitrogens with zero attached hydrogens (tertiary/aromatic N) is 5. The molecule has 2 aromatic carbocycles. The van der Waals surface area contributed by atoms with Gasteiger partial charge in [0, 0.05) is 28.6 Å². The number of nitro groups is 1. The monoisotopic (exact) mass is 413 g/mol. The number of aryl methyl sites for hydroxylation is 1. The third-order valence-electron chi connectivity index (χ3n) is 4.69. The van der Waals surface area contributed by atoms with Crippen molar-refractivity contribution in [1.29, 1.82) is 0 Å². The number of nitro benzene ring substituents is 1. The molecule has 0 amide bonds. The Balaban J connectivity index is 1.34. The van der Waals surface area contributed by atoms with E-state index in [0.29, 0.717) is 28.2 Å². The van der Waals surface area contributed by atoms with Crippen molar-refractivity contribution in [2.45, 2.75) is 6.92 Å². The molecule has 0 bridgehead atoms. The fourth-order valence-corrected chi connectivity index (χ4v) is 3.24. The number of H-pyrrole nitrogens is 1. The van der Waals surface area contributed by atoms with Crippen molar-refractivity contribution < 1.29 is 9.34 Å². The third-order valence-corrected chi connectivity index (χ3v) is 4.69. The maximum absolute atomic E-state index is 10.9. The molecule has 0 atom stereocenters. The number of fused-ring (bicyclic) bond motifs is 3. The van der Waals surface area contributed by atoms with Crippen LogP contribution in [0, 0.1) is 17.0 Å². The van der Waals surface area contributed by atoms with Crippen LogP contribution in [-0.2, 0) is 0 Å². The molecule has 0 aliphatic carbocycles. The van der Waals surface area contributed by atoms with Crippen molar-refractivity contribution in [3.05, 3.63) is 76.0 Å². The van der Waals surface area contributed by atoms with E-state index in [0.717, 1.165) is 16.5 Å². The Labute approximate surface area is 174 Å². The topological polar surface area (TPSA) is 135 Å². The van der Waals surface area contributed by atoms with Crippen molar-refractivity contribution in [3.8, 4) is 11.3 Å². The van der Waals surface area contributed by atoms with E-state index in [1.807, 2.05) is 25.1 Å². The lowest BCUT2D eigenvalue weighted by Crippen LogP contribution is -1.98. The molecule has 0 saturated carbocycles. The maximum Gasteiger partial charge on any atom is 0.270 e. The molecule has 0 unspecified atom stereocenters. The van der Waals surface area contributed by atoms with Crippen molar-refractivity contribution in [1.82, 2.24) is 20.2 Å². The zero-order valence-electron chi connectivity index (χ0n) is 16.2. The average Bonchev–Trinajstić information content (AvgIpc) is 3.38. The van der Waals surface area contributed by atoms with Crippen LogP contribution in [0.15, 0.2) is 64.1 Å². The largest absolute Gasteiger partial charge is 0.455 e. The number of hydrazone groups is 1. The van der Waals surface area contributed by atoms with Crippen molar-refractivity contribution in [2.75, 3.05) is 5.43 Å². The van der Waals surface area contributed by atoms with Gasteiger partial charge in [0.15, 0.2) is 5.65 Å². The predicted octanol–water partition coefficient (Wildman–Crippen LogP) is 4.43. The molecule has 3 heterocycles. The first-order valence-electron chi connectivity index (χ1n) is 9.33. The Kier molecular flexibility index (Phi) is 4.36. The average molecular weight is 413 g/mol. The van der Waals surface area contributed by atoms with E-state index in [1.165, 1.54) is 18.3 Å². The molecule has 5 aromatic rings. The van der Waals surface area contributed by atoms with Gasteiger partial charge in [-0.3, -0.25) is 10.1 Å². The van der Waals surface area contributed by atoms with E-state index in [-0.39, 0.29) is 11.6 Å². The molecule has 152 valence electrons. The zero-order chi connectivity index (χ0) is 21.4.